The van der Waals surface area contributed by atoms with Gasteiger partial charge in [0.25, 0.3) is 0 Å². The second-order valence-corrected chi connectivity index (χ2v) is 6.85. The first-order valence-electron chi connectivity index (χ1n) is 7.07. The Morgan fingerprint density at radius 3 is 2.71 bits per heavy atom. The number of hydrogen-bond acceptors (Lipinski definition) is 6. The highest BCUT2D eigenvalue weighted by Gasteiger charge is 2.24. The highest BCUT2D eigenvalue weighted by molar-refractivity contribution is 7.89. The molecule has 0 spiro atoms. The largest absolute Gasteiger partial charge is 0.381 e. The average molecular weight is 317 g/mol. The van der Waals surface area contributed by atoms with Crippen LogP contribution in [0.2, 0.25) is 0 Å². The number of aromatic nitrogens is 2. The first-order chi connectivity index (χ1) is 9.92. The number of rotatable bonds is 6. The zero-order chi connectivity index (χ0) is 15.5. The summed E-state index contributed by atoms with van der Waals surface area (Å²) in [5.74, 6) is 0.0305. The predicted molar refractivity (Wildman–Crippen MR) is 79.4 cm³/mol. The van der Waals surface area contributed by atoms with E-state index in [2.05, 4.69) is 14.7 Å². The number of nitrogens with two attached hydrogens (primary N) is 1. The fourth-order valence-electron chi connectivity index (χ4n) is 2.32. The molecule has 8 nitrogen and oxygen atoms in total. The van der Waals surface area contributed by atoms with E-state index in [1.165, 1.54) is 10.9 Å². The van der Waals surface area contributed by atoms with E-state index >= 15 is 0 Å². The molecule has 1 aliphatic heterocycles. The minimum atomic E-state index is -3.65. The van der Waals surface area contributed by atoms with Crippen LogP contribution in [-0.2, 0) is 21.3 Å². The van der Waals surface area contributed by atoms with Crippen LogP contribution in [0.1, 0.15) is 13.8 Å². The number of nitrogens with zero attached hydrogens (tertiary/aromatic N) is 3. The third-order valence-corrected chi connectivity index (χ3v) is 4.97. The van der Waals surface area contributed by atoms with Gasteiger partial charge in [-0.3, -0.25) is 9.58 Å². The fourth-order valence-corrected chi connectivity index (χ4v) is 3.63. The van der Waals surface area contributed by atoms with Crippen molar-refractivity contribution in [3.05, 3.63) is 6.20 Å². The van der Waals surface area contributed by atoms with Crippen LogP contribution in [0.5, 0.6) is 0 Å². The van der Waals surface area contributed by atoms with Crippen molar-refractivity contribution >= 4 is 15.8 Å². The van der Waals surface area contributed by atoms with Gasteiger partial charge in [-0.15, -0.1) is 0 Å². The van der Waals surface area contributed by atoms with Gasteiger partial charge in [0.15, 0.2) is 5.82 Å². The molecule has 120 valence electrons. The molecule has 2 rings (SSSR count). The Labute approximate surface area is 125 Å². The third kappa shape index (κ3) is 4.16. The Bertz CT molecular complexity index is 565. The lowest BCUT2D eigenvalue weighted by atomic mass is 10.3. The molecule has 1 fully saturated rings. The van der Waals surface area contributed by atoms with Crippen molar-refractivity contribution < 1.29 is 13.2 Å². The number of aryl methyl sites for hydroxylation is 1. The van der Waals surface area contributed by atoms with Gasteiger partial charge in [0.1, 0.15) is 4.90 Å². The molecule has 1 aromatic heterocycles. The Balaban J connectivity index is 2.00. The van der Waals surface area contributed by atoms with E-state index in [9.17, 15) is 8.42 Å². The fraction of sp³-hybridized carbons (Fsp3) is 0.750. The first-order valence-corrected chi connectivity index (χ1v) is 8.56. The molecule has 0 aliphatic carbocycles. The maximum Gasteiger partial charge on any atom is 0.246 e. The highest BCUT2D eigenvalue weighted by atomic mass is 32.2. The van der Waals surface area contributed by atoms with Crippen LogP contribution in [0.4, 0.5) is 5.82 Å². The second-order valence-electron chi connectivity index (χ2n) is 5.17. The van der Waals surface area contributed by atoms with Gasteiger partial charge >= 0.3 is 0 Å². The maximum absolute atomic E-state index is 12.3. The standard InChI is InChI=1S/C12H23N5O3S/c1-3-17-9-11(12(13)14-17)21(18,19)15-10(2)8-16-4-6-20-7-5-16/h9-10,15H,3-8H2,1-2H3,(H2,13,14). The molecule has 3 N–H and O–H groups in total. The summed E-state index contributed by atoms with van der Waals surface area (Å²) in [6.45, 7) is 7.95. The molecule has 2 heterocycles. The number of anilines is 1. The third-order valence-electron chi connectivity index (χ3n) is 3.36. The lowest BCUT2D eigenvalue weighted by Gasteiger charge is -2.29. The highest BCUT2D eigenvalue weighted by Crippen LogP contribution is 2.16. The summed E-state index contributed by atoms with van der Waals surface area (Å²) in [7, 11) is -3.65. The normalized spacial score (nSPS) is 18.8. The van der Waals surface area contributed by atoms with Crippen molar-refractivity contribution in [3.8, 4) is 0 Å². The molecule has 1 aromatic rings. The number of ether oxygens (including phenoxy) is 1. The molecule has 0 radical (unpaired) electrons. The van der Waals surface area contributed by atoms with Gasteiger partial charge in [0.2, 0.25) is 10.0 Å². The van der Waals surface area contributed by atoms with E-state index in [0.717, 1.165) is 13.1 Å². The minimum absolute atomic E-state index is 0.0305. The summed E-state index contributed by atoms with van der Waals surface area (Å²) in [6, 6.07) is -0.211. The van der Waals surface area contributed by atoms with E-state index in [1.807, 2.05) is 13.8 Å². The number of morpholine rings is 1. The van der Waals surface area contributed by atoms with Crippen LogP contribution in [0.25, 0.3) is 0 Å². The van der Waals surface area contributed by atoms with E-state index in [4.69, 9.17) is 10.5 Å². The molecule has 21 heavy (non-hydrogen) atoms. The molecular formula is C12H23N5O3S. The molecule has 0 aromatic carbocycles. The van der Waals surface area contributed by atoms with E-state index in [1.54, 1.807) is 0 Å². The van der Waals surface area contributed by atoms with Gasteiger partial charge in [0.05, 0.1) is 13.2 Å². The number of hydrogen-bond donors (Lipinski definition) is 2. The number of sulfonamides is 1. The SMILES string of the molecule is CCn1cc(S(=O)(=O)NC(C)CN2CCOCC2)c(N)n1. The molecule has 1 aliphatic rings. The summed E-state index contributed by atoms with van der Waals surface area (Å²) in [5.41, 5.74) is 5.68. The quantitative estimate of drug-likeness (QED) is 0.732. The lowest BCUT2D eigenvalue weighted by molar-refractivity contribution is 0.0354. The van der Waals surface area contributed by atoms with Crippen molar-refractivity contribution in [1.82, 2.24) is 19.4 Å². The Hall–Kier alpha value is -1.16. The van der Waals surface area contributed by atoms with Crippen molar-refractivity contribution in [2.24, 2.45) is 0 Å². The number of nitrogen functional groups attached to an aromatic ring is 1. The zero-order valence-corrected chi connectivity index (χ0v) is 13.3. The molecule has 0 bridgehead atoms. The first kappa shape index (κ1) is 16.2. The topological polar surface area (TPSA) is 102 Å². The number of nitrogens with one attached hydrogen (secondary N) is 1. The Morgan fingerprint density at radius 2 is 2.14 bits per heavy atom. The zero-order valence-electron chi connectivity index (χ0n) is 12.4. The van der Waals surface area contributed by atoms with Crippen molar-refractivity contribution in [2.75, 3.05) is 38.6 Å². The van der Waals surface area contributed by atoms with Crippen LogP contribution in [0, 0.1) is 0 Å². The van der Waals surface area contributed by atoms with Crippen molar-refractivity contribution in [2.45, 2.75) is 31.3 Å². The average Bonchev–Trinajstić information content (AvgIpc) is 2.81. The van der Waals surface area contributed by atoms with Crippen LogP contribution in [-0.4, -0.2) is 62.0 Å². The minimum Gasteiger partial charge on any atom is -0.381 e. The maximum atomic E-state index is 12.3. The molecule has 1 atom stereocenters. The summed E-state index contributed by atoms with van der Waals surface area (Å²) in [4.78, 5) is 2.22. The second kappa shape index (κ2) is 6.73. The van der Waals surface area contributed by atoms with Gasteiger partial charge in [-0.2, -0.15) is 5.10 Å². The van der Waals surface area contributed by atoms with Crippen LogP contribution >= 0.6 is 0 Å². The van der Waals surface area contributed by atoms with E-state index in [0.29, 0.717) is 26.3 Å². The van der Waals surface area contributed by atoms with E-state index in [-0.39, 0.29) is 16.8 Å². The molecule has 1 unspecified atom stereocenters. The molecule has 9 heteroatoms. The molecular weight excluding hydrogens is 294 g/mol. The van der Waals surface area contributed by atoms with Crippen LogP contribution in [0.15, 0.2) is 11.1 Å². The summed E-state index contributed by atoms with van der Waals surface area (Å²) in [6.07, 6.45) is 1.46. The van der Waals surface area contributed by atoms with Crippen molar-refractivity contribution in [3.63, 3.8) is 0 Å². The molecule has 1 saturated heterocycles. The Morgan fingerprint density at radius 1 is 1.48 bits per heavy atom. The Kier molecular flexibility index (Phi) is 5.20. The molecule has 0 amide bonds. The van der Waals surface area contributed by atoms with Crippen molar-refractivity contribution in [1.29, 1.82) is 0 Å². The summed E-state index contributed by atoms with van der Waals surface area (Å²) < 4.78 is 34.1. The lowest BCUT2D eigenvalue weighted by Crippen LogP contribution is -2.45. The summed E-state index contributed by atoms with van der Waals surface area (Å²) >= 11 is 0. The van der Waals surface area contributed by atoms with Crippen LogP contribution in [0.3, 0.4) is 0 Å². The predicted octanol–water partition coefficient (Wildman–Crippen LogP) is -0.516. The van der Waals surface area contributed by atoms with Gasteiger partial charge in [0, 0.05) is 38.4 Å². The van der Waals surface area contributed by atoms with E-state index < -0.39 is 10.0 Å². The van der Waals surface area contributed by atoms with Crippen LogP contribution < -0.4 is 10.5 Å². The smallest absolute Gasteiger partial charge is 0.246 e. The van der Waals surface area contributed by atoms with Gasteiger partial charge in [-0.25, -0.2) is 13.1 Å². The summed E-state index contributed by atoms with van der Waals surface area (Å²) in [5, 5.41) is 3.97. The molecule has 0 saturated carbocycles. The van der Waals surface area contributed by atoms with Gasteiger partial charge in [-0.05, 0) is 13.8 Å². The van der Waals surface area contributed by atoms with Gasteiger partial charge < -0.3 is 10.5 Å². The monoisotopic (exact) mass is 317 g/mol. The van der Waals surface area contributed by atoms with Gasteiger partial charge in [-0.1, -0.05) is 0 Å².